The van der Waals surface area contributed by atoms with Gasteiger partial charge in [0.1, 0.15) is 6.04 Å². The fourth-order valence-electron chi connectivity index (χ4n) is 3.32. The van der Waals surface area contributed by atoms with Gasteiger partial charge in [-0.2, -0.15) is 0 Å². The molecule has 0 unspecified atom stereocenters. The highest BCUT2D eigenvalue weighted by molar-refractivity contribution is 6.42. The van der Waals surface area contributed by atoms with Crippen LogP contribution in [0.5, 0.6) is 0 Å². The summed E-state index contributed by atoms with van der Waals surface area (Å²) in [4.78, 5) is 27.9. The Bertz CT molecular complexity index is 870. The van der Waals surface area contributed by atoms with Crippen LogP contribution in [0, 0.1) is 6.92 Å². The summed E-state index contributed by atoms with van der Waals surface area (Å²) in [6.07, 6.45) is 2.61. The van der Waals surface area contributed by atoms with Gasteiger partial charge in [-0.3, -0.25) is 9.59 Å². The van der Waals surface area contributed by atoms with E-state index in [9.17, 15) is 9.59 Å². The van der Waals surface area contributed by atoms with Crippen molar-refractivity contribution < 1.29 is 9.59 Å². The molecule has 0 aromatic heterocycles. The molecule has 30 heavy (non-hydrogen) atoms. The van der Waals surface area contributed by atoms with E-state index in [0.29, 0.717) is 29.6 Å². The highest BCUT2D eigenvalue weighted by Gasteiger charge is 2.28. The number of benzene rings is 2. The maximum Gasteiger partial charge on any atom is 0.242 e. The van der Waals surface area contributed by atoms with Crippen molar-refractivity contribution in [1.29, 1.82) is 0 Å². The van der Waals surface area contributed by atoms with Crippen LogP contribution in [-0.4, -0.2) is 29.3 Å². The molecule has 6 heteroatoms. The van der Waals surface area contributed by atoms with Crippen LogP contribution in [0.2, 0.25) is 10.0 Å². The van der Waals surface area contributed by atoms with E-state index in [2.05, 4.69) is 12.2 Å². The normalized spacial score (nSPS) is 11.8. The molecular formula is C24H30Cl2N2O2. The average Bonchev–Trinajstić information content (AvgIpc) is 2.72. The topological polar surface area (TPSA) is 49.4 Å². The zero-order chi connectivity index (χ0) is 22.1. The predicted molar refractivity (Wildman–Crippen MR) is 124 cm³/mol. The Balaban J connectivity index is 2.28. The van der Waals surface area contributed by atoms with Gasteiger partial charge in [-0.1, -0.05) is 73.8 Å². The Morgan fingerprint density at radius 3 is 2.43 bits per heavy atom. The minimum Gasteiger partial charge on any atom is -0.354 e. The molecule has 0 fully saturated rings. The molecule has 0 aliphatic heterocycles. The predicted octanol–water partition coefficient (Wildman–Crippen LogP) is 5.57. The number of aryl methyl sites for hydroxylation is 1. The molecule has 0 saturated carbocycles. The van der Waals surface area contributed by atoms with E-state index in [1.807, 2.05) is 38.1 Å². The molecule has 2 amide bonds. The summed E-state index contributed by atoms with van der Waals surface area (Å²) in [7, 11) is 0. The van der Waals surface area contributed by atoms with Gasteiger partial charge >= 0.3 is 0 Å². The number of amides is 2. The number of nitrogens with one attached hydrogen (secondary N) is 1. The van der Waals surface area contributed by atoms with Gasteiger partial charge in [0.2, 0.25) is 11.8 Å². The SMILES string of the molecule is CCCCNC(=O)[C@@H](CC)N(Cc1ccccc1C)C(=O)Cc1ccc(Cl)c(Cl)c1. The summed E-state index contributed by atoms with van der Waals surface area (Å²) in [5.41, 5.74) is 2.89. The molecule has 0 saturated heterocycles. The number of carbonyl (C=O) groups excluding carboxylic acids is 2. The Morgan fingerprint density at radius 1 is 1.07 bits per heavy atom. The van der Waals surface area contributed by atoms with Crippen LogP contribution >= 0.6 is 23.2 Å². The zero-order valence-corrected chi connectivity index (χ0v) is 19.4. The first-order valence-corrected chi connectivity index (χ1v) is 11.2. The third-order valence-electron chi connectivity index (χ3n) is 5.16. The van der Waals surface area contributed by atoms with Gasteiger partial charge in [-0.05, 0) is 48.6 Å². The van der Waals surface area contributed by atoms with E-state index in [1.54, 1.807) is 23.1 Å². The molecule has 2 aromatic rings. The maximum absolute atomic E-state index is 13.3. The molecule has 0 bridgehead atoms. The van der Waals surface area contributed by atoms with Crippen LogP contribution in [0.15, 0.2) is 42.5 Å². The lowest BCUT2D eigenvalue weighted by Gasteiger charge is -2.31. The van der Waals surface area contributed by atoms with Gasteiger partial charge in [0.05, 0.1) is 16.5 Å². The fraction of sp³-hybridized carbons (Fsp3) is 0.417. The Kier molecular flexibility index (Phi) is 9.67. The van der Waals surface area contributed by atoms with Crippen molar-refractivity contribution in [2.24, 2.45) is 0 Å². The third-order valence-corrected chi connectivity index (χ3v) is 5.90. The lowest BCUT2D eigenvalue weighted by atomic mass is 10.0. The molecule has 0 spiro atoms. The first-order chi connectivity index (χ1) is 14.4. The molecule has 0 aliphatic carbocycles. The van der Waals surface area contributed by atoms with Crippen molar-refractivity contribution in [3.63, 3.8) is 0 Å². The summed E-state index contributed by atoms with van der Waals surface area (Å²) >= 11 is 12.1. The van der Waals surface area contributed by atoms with Gasteiger partial charge in [0.25, 0.3) is 0 Å². The van der Waals surface area contributed by atoms with E-state index in [4.69, 9.17) is 23.2 Å². The van der Waals surface area contributed by atoms with Crippen LogP contribution in [0.1, 0.15) is 49.8 Å². The van der Waals surface area contributed by atoms with Crippen LogP contribution in [0.4, 0.5) is 0 Å². The van der Waals surface area contributed by atoms with Gasteiger partial charge in [-0.15, -0.1) is 0 Å². The molecule has 1 atom stereocenters. The first-order valence-electron chi connectivity index (χ1n) is 10.4. The third kappa shape index (κ3) is 6.75. The summed E-state index contributed by atoms with van der Waals surface area (Å²) in [5.74, 6) is -0.226. The molecule has 0 aliphatic rings. The van der Waals surface area contributed by atoms with Crippen LogP contribution in [0.25, 0.3) is 0 Å². The number of hydrogen-bond acceptors (Lipinski definition) is 2. The lowest BCUT2D eigenvalue weighted by Crippen LogP contribution is -2.49. The van der Waals surface area contributed by atoms with Gasteiger partial charge in [0, 0.05) is 13.1 Å². The molecule has 0 heterocycles. The second kappa shape index (κ2) is 12.0. The van der Waals surface area contributed by atoms with E-state index in [0.717, 1.165) is 29.5 Å². The Hall–Kier alpha value is -2.04. The number of hydrogen-bond donors (Lipinski definition) is 1. The van der Waals surface area contributed by atoms with Gasteiger partial charge in [0.15, 0.2) is 0 Å². The van der Waals surface area contributed by atoms with Crippen LogP contribution < -0.4 is 5.32 Å². The Labute approximate surface area is 189 Å². The average molecular weight is 449 g/mol. The van der Waals surface area contributed by atoms with Crippen molar-refractivity contribution in [2.75, 3.05) is 6.54 Å². The van der Waals surface area contributed by atoms with E-state index in [1.165, 1.54) is 0 Å². The van der Waals surface area contributed by atoms with Gasteiger partial charge in [-0.25, -0.2) is 0 Å². The molecule has 2 aromatic carbocycles. The van der Waals surface area contributed by atoms with E-state index < -0.39 is 6.04 Å². The highest BCUT2D eigenvalue weighted by atomic mass is 35.5. The second-order valence-corrected chi connectivity index (χ2v) is 8.26. The molecule has 2 rings (SSSR count). The van der Waals surface area contributed by atoms with Crippen molar-refractivity contribution in [3.8, 4) is 0 Å². The highest BCUT2D eigenvalue weighted by Crippen LogP contribution is 2.24. The summed E-state index contributed by atoms with van der Waals surface area (Å²) in [5, 5.41) is 3.84. The number of halogens is 2. The van der Waals surface area contributed by atoms with Gasteiger partial charge < -0.3 is 10.2 Å². The van der Waals surface area contributed by atoms with E-state index >= 15 is 0 Å². The monoisotopic (exact) mass is 448 g/mol. The van der Waals surface area contributed by atoms with Crippen molar-refractivity contribution in [1.82, 2.24) is 10.2 Å². The largest absolute Gasteiger partial charge is 0.354 e. The zero-order valence-electron chi connectivity index (χ0n) is 17.9. The number of nitrogens with zero attached hydrogens (tertiary/aromatic N) is 1. The summed E-state index contributed by atoms with van der Waals surface area (Å²) < 4.78 is 0. The lowest BCUT2D eigenvalue weighted by molar-refractivity contribution is -0.140. The molecule has 1 N–H and O–H groups in total. The number of unbranched alkanes of at least 4 members (excludes halogenated alkanes) is 1. The van der Waals surface area contributed by atoms with Crippen LogP contribution in [0.3, 0.4) is 0 Å². The van der Waals surface area contributed by atoms with E-state index in [-0.39, 0.29) is 18.2 Å². The van der Waals surface area contributed by atoms with Crippen LogP contribution in [-0.2, 0) is 22.6 Å². The van der Waals surface area contributed by atoms with Crippen molar-refractivity contribution in [3.05, 3.63) is 69.2 Å². The Morgan fingerprint density at radius 2 is 1.80 bits per heavy atom. The fourth-order valence-corrected chi connectivity index (χ4v) is 3.64. The minimum atomic E-state index is -0.531. The minimum absolute atomic E-state index is 0.109. The standard InChI is InChI=1S/C24H30Cl2N2O2/c1-4-6-13-27-24(30)22(5-2)28(16-19-10-8-7-9-17(19)3)23(29)15-18-11-12-20(25)21(26)14-18/h7-12,14,22H,4-6,13,15-16H2,1-3H3,(H,27,30)/t22-/m1/s1. The first kappa shape index (κ1) is 24.2. The number of carbonyl (C=O) groups is 2. The maximum atomic E-state index is 13.3. The molecule has 4 nitrogen and oxygen atoms in total. The molecule has 0 radical (unpaired) electrons. The summed E-state index contributed by atoms with van der Waals surface area (Å²) in [6.45, 7) is 7.02. The molecule has 162 valence electrons. The van der Waals surface area contributed by atoms with Crippen molar-refractivity contribution >= 4 is 35.0 Å². The quantitative estimate of drug-likeness (QED) is 0.483. The van der Waals surface area contributed by atoms with Crippen molar-refractivity contribution in [2.45, 2.75) is 59.0 Å². The molecular weight excluding hydrogens is 419 g/mol. The second-order valence-electron chi connectivity index (χ2n) is 7.44. The summed E-state index contributed by atoms with van der Waals surface area (Å²) in [6, 6.07) is 12.6. The smallest absolute Gasteiger partial charge is 0.242 e. The number of rotatable bonds is 10.